The van der Waals surface area contributed by atoms with Crippen molar-refractivity contribution in [3.05, 3.63) is 41.6 Å². The highest BCUT2D eigenvalue weighted by Gasteiger charge is 2.30. The summed E-state index contributed by atoms with van der Waals surface area (Å²) in [4.78, 5) is 23.2. The first-order valence-corrected chi connectivity index (χ1v) is 6.77. The molecule has 0 aliphatic rings. The monoisotopic (exact) mass is 331 g/mol. The SMILES string of the molecule is CCOC(=O)/C=C(/Nc1ccc(C(F)(F)F)cc1)C(=O)OCC. The molecule has 0 fully saturated rings. The first-order valence-electron chi connectivity index (χ1n) is 6.77. The van der Waals surface area contributed by atoms with Crippen LogP contribution in [0.3, 0.4) is 0 Å². The summed E-state index contributed by atoms with van der Waals surface area (Å²) in [6.45, 7) is 3.37. The number of anilines is 1. The Balaban J connectivity index is 2.96. The molecule has 23 heavy (non-hydrogen) atoms. The molecule has 0 aliphatic heterocycles. The number of carbonyl (C=O) groups is 2. The van der Waals surface area contributed by atoms with Crippen LogP contribution in [0.1, 0.15) is 19.4 Å². The summed E-state index contributed by atoms with van der Waals surface area (Å²) in [5, 5.41) is 2.55. The van der Waals surface area contributed by atoms with E-state index in [-0.39, 0.29) is 24.6 Å². The van der Waals surface area contributed by atoms with E-state index in [1.54, 1.807) is 13.8 Å². The average Bonchev–Trinajstić information content (AvgIpc) is 2.46. The lowest BCUT2D eigenvalue weighted by atomic mass is 10.2. The second kappa shape index (κ2) is 8.21. The molecular weight excluding hydrogens is 315 g/mol. The quantitative estimate of drug-likeness (QED) is 0.641. The van der Waals surface area contributed by atoms with E-state index in [1.165, 1.54) is 0 Å². The Hall–Kier alpha value is -2.51. The number of benzene rings is 1. The lowest BCUT2D eigenvalue weighted by Crippen LogP contribution is -2.17. The van der Waals surface area contributed by atoms with Crippen molar-refractivity contribution in [3.63, 3.8) is 0 Å². The van der Waals surface area contributed by atoms with Gasteiger partial charge >= 0.3 is 18.1 Å². The van der Waals surface area contributed by atoms with E-state index in [9.17, 15) is 22.8 Å². The predicted octanol–water partition coefficient (Wildman–Crippen LogP) is 3.13. The van der Waals surface area contributed by atoms with Crippen LogP contribution in [-0.4, -0.2) is 25.2 Å². The van der Waals surface area contributed by atoms with Crippen molar-refractivity contribution in [2.24, 2.45) is 0 Å². The van der Waals surface area contributed by atoms with E-state index >= 15 is 0 Å². The molecule has 1 aromatic rings. The lowest BCUT2D eigenvalue weighted by molar-refractivity contribution is -0.140. The largest absolute Gasteiger partial charge is 0.463 e. The minimum atomic E-state index is -4.46. The van der Waals surface area contributed by atoms with Gasteiger partial charge in [0, 0.05) is 5.69 Å². The number of rotatable bonds is 6. The number of halogens is 3. The lowest BCUT2D eigenvalue weighted by Gasteiger charge is -2.11. The maximum atomic E-state index is 12.5. The third-order valence-electron chi connectivity index (χ3n) is 2.54. The summed E-state index contributed by atoms with van der Waals surface area (Å²) in [5.41, 5.74) is -0.859. The van der Waals surface area contributed by atoms with Crippen molar-refractivity contribution < 1.29 is 32.2 Å². The Morgan fingerprint density at radius 1 is 1.09 bits per heavy atom. The number of carbonyl (C=O) groups excluding carboxylic acids is 2. The number of alkyl halides is 3. The van der Waals surface area contributed by atoms with Crippen LogP contribution in [0.25, 0.3) is 0 Å². The smallest absolute Gasteiger partial charge is 0.416 e. The van der Waals surface area contributed by atoms with Gasteiger partial charge in [0.2, 0.25) is 0 Å². The zero-order valence-corrected chi connectivity index (χ0v) is 12.6. The second-order valence-electron chi connectivity index (χ2n) is 4.23. The summed E-state index contributed by atoms with van der Waals surface area (Å²) >= 11 is 0. The minimum Gasteiger partial charge on any atom is -0.463 e. The molecule has 0 bridgehead atoms. The molecular formula is C15H16F3NO4. The maximum Gasteiger partial charge on any atom is 0.416 e. The van der Waals surface area contributed by atoms with Crippen molar-refractivity contribution >= 4 is 17.6 Å². The zero-order chi connectivity index (χ0) is 17.5. The molecule has 0 saturated heterocycles. The van der Waals surface area contributed by atoms with Gasteiger partial charge in [0.05, 0.1) is 24.9 Å². The van der Waals surface area contributed by atoms with Gasteiger partial charge in [-0.05, 0) is 38.1 Å². The van der Waals surface area contributed by atoms with Gasteiger partial charge in [-0.1, -0.05) is 0 Å². The maximum absolute atomic E-state index is 12.5. The van der Waals surface area contributed by atoms with Crippen LogP contribution >= 0.6 is 0 Å². The fourth-order valence-corrected chi connectivity index (χ4v) is 1.55. The molecule has 8 heteroatoms. The van der Waals surface area contributed by atoms with Crippen molar-refractivity contribution in [1.29, 1.82) is 0 Å². The number of nitrogens with one attached hydrogen (secondary N) is 1. The number of esters is 2. The molecule has 0 radical (unpaired) electrons. The van der Waals surface area contributed by atoms with Crippen LogP contribution in [0.4, 0.5) is 18.9 Å². The van der Waals surface area contributed by atoms with Gasteiger partial charge in [0.15, 0.2) is 0 Å². The van der Waals surface area contributed by atoms with E-state index in [4.69, 9.17) is 9.47 Å². The Bertz CT molecular complexity index is 579. The molecule has 126 valence electrons. The van der Waals surface area contributed by atoms with E-state index in [0.29, 0.717) is 0 Å². The van der Waals surface area contributed by atoms with Crippen LogP contribution in [0.2, 0.25) is 0 Å². The Morgan fingerprint density at radius 3 is 2.13 bits per heavy atom. The second-order valence-corrected chi connectivity index (χ2v) is 4.23. The molecule has 0 atom stereocenters. The standard InChI is InChI=1S/C15H16F3NO4/c1-3-22-13(20)9-12(14(21)23-4-2)19-11-7-5-10(6-8-11)15(16,17)18/h5-9,19H,3-4H2,1-2H3/b12-9+. The Morgan fingerprint density at radius 2 is 1.65 bits per heavy atom. The summed E-state index contributed by atoms with van der Waals surface area (Å²) in [7, 11) is 0. The zero-order valence-electron chi connectivity index (χ0n) is 12.6. The van der Waals surface area contributed by atoms with Crippen LogP contribution < -0.4 is 5.32 Å². The first-order chi connectivity index (χ1) is 10.8. The van der Waals surface area contributed by atoms with Crippen LogP contribution in [0.5, 0.6) is 0 Å². The highest BCUT2D eigenvalue weighted by molar-refractivity contribution is 5.98. The number of hydrogen-bond donors (Lipinski definition) is 1. The number of hydrogen-bond acceptors (Lipinski definition) is 5. The molecule has 1 rings (SSSR count). The molecule has 0 aliphatic carbocycles. The fourth-order valence-electron chi connectivity index (χ4n) is 1.55. The van der Waals surface area contributed by atoms with Crippen molar-refractivity contribution in [2.45, 2.75) is 20.0 Å². The van der Waals surface area contributed by atoms with Gasteiger partial charge < -0.3 is 14.8 Å². The summed E-state index contributed by atoms with van der Waals surface area (Å²) in [6, 6.07) is 3.99. The Labute approximate surface area is 131 Å². The number of ether oxygens (including phenoxy) is 2. The molecule has 1 N–H and O–H groups in total. The Kier molecular flexibility index (Phi) is 6.62. The van der Waals surface area contributed by atoms with Crippen molar-refractivity contribution in [1.82, 2.24) is 0 Å². The van der Waals surface area contributed by atoms with Gasteiger partial charge in [-0.3, -0.25) is 0 Å². The van der Waals surface area contributed by atoms with E-state index in [2.05, 4.69) is 5.32 Å². The highest BCUT2D eigenvalue weighted by atomic mass is 19.4. The molecule has 0 spiro atoms. The fraction of sp³-hybridized carbons (Fsp3) is 0.333. The first kappa shape index (κ1) is 18.5. The van der Waals surface area contributed by atoms with Gasteiger partial charge in [0.1, 0.15) is 5.70 Å². The van der Waals surface area contributed by atoms with E-state index in [0.717, 1.165) is 30.3 Å². The third-order valence-corrected chi connectivity index (χ3v) is 2.54. The van der Waals surface area contributed by atoms with Crippen LogP contribution in [0.15, 0.2) is 36.0 Å². The van der Waals surface area contributed by atoms with Crippen molar-refractivity contribution in [3.8, 4) is 0 Å². The van der Waals surface area contributed by atoms with Gasteiger partial charge in [-0.15, -0.1) is 0 Å². The predicted molar refractivity (Wildman–Crippen MR) is 76.4 cm³/mol. The summed E-state index contributed by atoms with van der Waals surface area (Å²) < 4.78 is 47.0. The van der Waals surface area contributed by atoms with Crippen molar-refractivity contribution in [2.75, 3.05) is 18.5 Å². The molecule has 5 nitrogen and oxygen atoms in total. The van der Waals surface area contributed by atoms with E-state index in [1.807, 2.05) is 0 Å². The van der Waals surface area contributed by atoms with Gasteiger partial charge in [-0.2, -0.15) is 13.2 Å². The van der Waals surface area contributed by atoms with Crippen LogP contribution in [0, 0.1) is 0 Å². The molecule has 0 unspecified atom stereocenters. The van der Waals surface area contributed by atoms with Crippen LogP contribution in [-0.2, 0) is 25.2 Å². The third kappa shape index (κ3) is 6.01. The molecule has 1 aromatic carbocycles. The summed E-state index contributed by atoms with van der Waals surface area (Å²) in [5.74, 6) is -1.59. The molecule has 0 aromatic heterocycles. The highest BCUT2D eigenvalue weighted by Crippen LogP contribution is 2.30. The van der Waals surface area contributed by atoms with Gasteiger partial charge in [0.25, 0.3) is 0 Å². The molecule has 0 amide bonds. The summed E-state index contributed by atoms with van der Waals surface area (Å²) in [6.07, 6.45) is -3.57. The molecule has 0 saturated carbocycles. The van der Waals surface area contributed by atoms with E-state index < -0.39 is 23.7 Å². The molecule has 0 heterocycles. The minimum absolute atomic E-state index is 0.0771. The topological polar surface area (TPSA) is 64.6 Å². The average molecular weight is 331 g/mol. The van der Waals surface area contributed by atoms with Gasteiger partial charge in [-0.25, -0.2) is 9.59 Å². The normalized spacial score (nSPS) is 11.8.